The highest BCUT2D eigenvalue weighted by Gasteiger charge is 2.16. The van der Waals surface area contributed by atoms with E-state index >= 15 is 0 Å². The van der Waals surface area contributed by atoms with Crippen molar-refractivity contribution in [3.8, 4) is 5.75 Å². The van der Waals surface area contributed by atoms with Gasteiger partial charge in [0.25, 0.3) is 0 Å². The van der Waals surface area contributed by atoms with E-state index in [1.165, 1.54) is 0 Å². The van der Waals surface area contributed by atoms with Gasteiger partial charge >= 0.3 is 0 Å². The molecule has 0 radical (unpaired) electrons. The molecular formula is C13H22N2O4S. The van der Waals surface area contributed by atoms with Crippen molar-refractivity contribution in [2.75, 3.05) is 40.5 Å². The molecule has 0 aromatic heterocycles. The van der Waals surface area contributed by atoms with Gasteiger partial charge in [-0.1, -0.05) is 0 Å². The molecule has 1 aromatic carbocycles. The topological polar surface area (TPSA) is 76.7 Å². The standard InChI is InChI=1S/C13H22N2O4S/c1-11-10-12(19-3)4-5-13(11)20(16,17)15-7-6-14-8-9-18-2/h4-5,10,14-15H,6-9H2,1-3H3. The summed E-state index contributed by atoms with van der Waals surface area (Å²) < 4.78 is 36.8. The van der Waals surface area contributed by atoms with E-state index in [-0.39, 0.29) is 4.90 Å². The summed E-state index contributed by atoms with van der Waals surface area (Å²) in [4.78, 5) is 0.273. The molecule has 0 aliphatic heterocycles. The molecular weight excluding hydrogens is 280 g/mol. The lowest BCUT2D eigenvalue weighted by Crippen LogP contribution is -2.33. The third kappa shape index (κ3) is 5.09. The summed E-state index contributed by atoms with van der Waals surface area (Å²) in [7, 11) is -0.315. The van der Waals surface area contributed by atoms with Gasteiger partial charge in [0.1, 0.15) is 5.75 Å². The number of benzene rings is 1. The third-order valence-corrected chi connectivity index (χ3v) is 4.37. The van der Waals surface area contributed by atoms with Gasteiger partial charge in [-0.05, 0) is 30.7 Å². The van der Waals surface area contributed by atoms with Gasteiger partial charge in [0.15, 0.2) is 0 Å². The number of rotatable bonds is 9. The van der Waals surface area contributed by atoms with E-state index in [1.807, 2.05) is 0 Å². The van der Waals surface area contributed by atoms with Crippen molar-refractivity contribution in [1.29, 1.82) is 0 Å². The Bertz CT molecular complexity index is 517. The molecule has 20 heavy (non-hydrogen) atoms. The van der Waals surface area contributed by atoms with E-state index in [0.717, 1.165) is 0 Å². The van der Waals surface area contributed by atoms with Gasteiger partial charge in [-0.2, -0.15) is 0 Å². The molecule has 7 heteroatoms. The summed E-state index contributed by atoms with van der Waals surface area (Å²) in [5.74, 6) is 0.641. The zero-order valence-electron chi connectivity index (χ0n) is 12.1. The molecule has 0 bridgehead atoms. The summed E-state index contributed by atoms with van der Waals surface area (Å²) in [5, 5.41) is 3.07. The SMILES string of the molecule is COCCNCCNS(=O)(=O)c1ccc(OC)cc1C. The van der Waals surface area contributed by atoms with Gasteiger partial charge < -0.3 is 14.8 Å². The lowest BCUT2D eigenvalue weighted by Gasteiger charge is -2.11. The average molecular weight is 302 g/mol. The monoisotopic (exact) mass is 302 g/mol. The molecule has 2 N–H and O–H groups in total. The first-order valence-electron chi connectivity index (χ1n) is 6.35. The second-order valence-electron chi connectivity index (χ2n) is 4.27. The molecule has 1 aromatic rings. The quantitative estimate of drug-likeness (QED) is 0.650. The molecule has 0 amide bonds. The minimum Gasteiger partial charge on any atom is -0.497 e. The van der Waals surface area contributed by atoms with Crippen molar-refractivity contribution in [3.05, 3.63) is 23.8 Å². The normalized spacial score (nSPS) is 11.6. The van der Waals surface area contributed by atoms with Crippen LogP contribution < -0.4 is 14.8 Å². The summed E-state index contributed by atoms with van der Waals surface area (Å²) >= 11 is 0. The second kappa shape index (κ2) is 8.21. The zero-order valence-corrected chi connectivity index (χ0v) is 12.9. The van der Waals surface area contributed by atoms with E-state index in [1.54, 1.807) is 39.3 Å². The van der Waals surface area contributed by atoms with Crippen LogP contribution in [-0.2, 0) is 14.8 Å². The first-order chi connectivity index (χ1) is 9.51. The van der Waals surface area contributed by atoms with Crippen LogP contribution in [0, 0.1) is 6.92 Å². The van der Waals surface area contributed by atoms with Crippen LogP contribution in [0.2, 0.25) is 0 Å². The molecule has 0 saturated carbocycles. The number of aryl methyl sites for hydroxylation is 1. The van der Waals surface area contributed by atoms with Crippen molar-refractivity contribution in [2.45, 2.75) is 11.8 Å². The minimum absolute atomic E-state index is 0.273. The fourth-order valence-corrected chi connectivity index (χ4v) is 2.96. The number of sulfonamides is 1. The van der Waals surface area contributed by atoms with Crippen LogP contribution in [0.15, 0.2) is 23.1 Å². The lowest BCUT2D eigenvalue weighted by molar-refractivity contribution is 0.199. The van der Waals surface area contributed by atoms with Crippen molar-refractivity contribution in [3.63, 3.8) is 0 Å². The van der Waals surface area contributed by atoms with Crippen molar-refractivity contribution in [2.24, 2.45) is 0 Å². The maximum absolute atomic E-state index is 12.1. The van der Waals surface area contributed by atoms with Crippen molar-refractivity contribution in [1.82, 2.24) is 10.0 Å². The van der Waals surface area contributed by atoms with E-state index in [4.69, 9.17) is 9.47 Å². The molecule has 0 heterocycles. The highest BCUT2D eigenvalue weighted by Crippen LogP contribution is 2.20. The van der Waals surface area contributed by atoms with Gasteiger partial charge in [0.05, 0.1) is 18.6 Å². The lowest BCUT2D eigenvalue weighted by atomic mass is 10.2. The average Bonchev–Trinajstić information content (AvgIpc) is 2.42. The van der Waals surface area contributed by atoms with Crippen LogP contribution in [0.25, 0.3) is 0 Å². The van der Waals surface area contributed by atoms with E-state index in [0.29, 0.717) is 37.6 Å². The highest BCUT2D eigenvalue weighted by atomic mass is 32.2. The molecule has 1 rings (SSSR count). The molecule has 0 spiro atoms. The van der Waals surface area contributed by atoms with Gasteiger partial charge in [-0.25, -0.2) is 13.1 Å². The fraction of sp³-hybridized carbons (Fsp3) is 0.538. The Balaban J connectivity index is 2.56. The Hall–Kier alpha value is -1.15. The predicted octanol–water partition coefficient (Wildman–Crippen LogP) is 0.518. The Morgan fingerprint density at radius 1 is 1.15 bits per heavy atom. The maximum atomic E-state index is 12.1. The Labute approximate surface area is 120 Å². The Morgan fingerprint density at radius 2 is 1.90 bits per heavy atom. The third-order valence-electron chi connectivity index (χ3n) is 2.75. The van der Waals surface area contributed by atoms with Crippen LogP contribution in [0.4, 0.5) is 0 Å². The maximum Gasteiger partial charge on any atom is 0.240 e. The summed E-state index contributed by atoms with van der Waals surface area (Å²) in [5.41, 5.74) is 0.657. The van der Waals surface area contributed by atoms with Crippen LogP contribution in [0.1, 0.15) is 5.56 Å². The smallest absolute Gasteiger partial charge is 0.240 e. The Kier molecular flexibility index (Phi) is 6.94. The molecule has 6 nitrogen and oxygen atoms in total. The number of hydrogen-bond donors (Lipinski definition) is 2. The molecule has 0 unspecified atom stereocenters. The number of methoxy groups -OCH3 is 2. The number of ether oxygens (including phenoxy) is 2. The number of hydrogen-bond acceptors (Lipinski definition) is 5. The summed E-state index contributed by atoms with van der Waals surface area (Å²) in [6, 6.07) is 4.89. The zero-order chi connectivity index (χ0) is 15.0. The van der Waals surface area contributed by atoms with Crippen LogP contribution in [0.3, 0.4) is 0 Å². The molecule has 0 saturated heterocycles. The first kappa shape index (κ1) is 16.9. The van der Waals surface area contributed by atoms with E-state index in [2.05, 4.69) is 10.0 Å². The molecule has 0 aliphatic carbocycles. The van der Waals surface area contributed by atoms with Gasteiger partial charge in [-0.3, -0.25) is 0 Å². The molecule has 0 fully saturated rings. The largest absolute Gasteiger partial charge is 0.497 e. The van der Waals surface area contributed by atoms with Gasteiger partial charge in [-0.15, -0.1) is 0 Å². The second-order valence-corrected chi connectivity index (χ2v) is 6.01. The van der Waals surface area contributed by atoms with Gasteiger partial charge in [0.2, 0.25) is 10.0 Å². The van der Waals surface area contributed by atoms with E-state index < -0.39 is 10.0 Å². The highest BCUT2D eigenvalue weighted by molar-refractivity contribution is 7.89. The number of nitrogens with one attached hydrogen (secondary N) is 2. The van der Waals surface area contributed by atoms with Crippen LogP contribution in [-0.4, -0.2) is 48.9 Å². The molecule has 0 atom stereocenters. The van der Waals surface area contributed by atoms with Crippen molar-refractivity contribution < 1.29 is 17.9 Å². The minimum atomic E-state index is -3.49. The predicted molar refractivity (Wildman–Crippen MR) is 77.7 cm³/mol. The summed E-state index contributed by atoms with van der Waals surface area (Å²) in [6.45, 7) is 3.92. The summed E-state index contributed by atoms with van der Waals surface area (Å²) in [6.07, 6.45) is 0. The van der Waals surface area contributed by atoms with Crippen molar-refractivity contribution >= 4 is 10.0 Å². The van der Waals surface area contributed by atoms with Crippen LogP contribution in [0.5, 0.6) is 5.75 Å². The van der Waals surface area contributed by atoms with Gasteiger partial charge in [0, 0.05) is 26.7 Å². The first-order valence-corrected chi connectivity index (χ1v) is 7.83. The Morgan fingerprint density at radius 3 is 2.50 bits per heavy atom. The molecule has 0 aliphatic rings. The van der Waals surface area contributed by atoms with E-state index in [9.17, 15) is 8.42 Å². The fourth-order valence-electron chi connectivity index (χ4n) is 1.70. The molecule has 114 valence electrons. The van der Waals surface area contributed by atoms with Crippen LogP contribution >= 0.6 is 0 Å².